The van der Waals surface area contributed by atoms with E-state index >= 15 is 0 Å². The van der Waals surface area contributed by atoms with Crippen LogP contribution in [-0.4, -0.2) is 34.2 Å². The van der Waals surface area contributed by atoms with Crippen molar-refractivity contribution in [1.82, 2.24) is 9.78 Å². The highest BCUT2D eigenvalue weighted by Crippen LogP contribution is 2.71. The first-order valence-corrected chi connectivity index (χ1v) is 13.4. The summed E-state index contributed by atoms with van der Waals surface area (Å²) in [5.41, 5.74) is 0.854. The van der Waals surface area contributed by atoms with Crippen molar-refractivity contribution in [2.75, 3.05) is 13.7 Å². The Morgan fingerprint density at radius 3 is 2.67 bits per heavy atom. The molecule has 0 saturated heterocycles. The molecule has 1 unspecified atom stereocenters. The minimum atomic E-state index is -0.599. The number of aromatic nitrogens is 2. The monoisotopic (exact) mass is 453 g/mol. The third kappa shape index (κ3) is 3.59. The van der Waals surface area contributed by atoms with Crippen LogP contribution in [0.4, 0.5) is 0 Å². The highest BCUT2D eigenvalue weighted by atomic mass is 16.5. The maximum Gasteiger partial charge on any atom is 0.138 e. The Balaban J connectivity index is 1.33. The molecule has 0 bridgehead atoms. The molecule has 1 aromatic heterocycles. The van der Waals surface area contributed by atoms with Crippen LogP contribution in [0.1, 0.15) is 84.3 Å². The van der Waals surface area contributed by atoms with Gasteiger partial charge in [0.2, 0.25) is 0 Å². The van der Waals surface area contributed by atoms with Crippen molar-refractivity contribution in [3.05, 3.63) is 18.0 Å². The SMILES string of the molecule is COC[C@@]1(O)CC[C@H]2[C@H](CC[C@@H]3[C@@H]2CC[C@]2(C)C([C@H](C)Cn4nccc4C#N)CC[C@@]32C)C1. The largest absolute Gasteiger partial charge is 0.387 e. The van der Waals surface area contributed by atoms with Crippen LogP contribution in [0.5, 0.6) is 0 Å². The molecule has 1 aromatic rings. The molecule has 0 spiro atoms. The van der Waals surface area contributed by atoms with Gasteiger partial charge in [-0.3, -0.25) is 4.68 Å². The average Bonchev–Trinajstić information content (AvgIpc) is 3.34. The molecule has 1 heterocycles. The Kier molecular flexibility index (Phi) is 5.93. The van der Waals surface area contributed by atoms with Crippen molar-refractivity contribution in [2.24, 2.45) is 46.3 Å². The van der Waals surface area contributed by atoms with E-state index in [1.807, 2.05) is 10.7 Å². The zero-order valence-corrected chi connectivity index (χ0v) is 21.1. The summed E-state index contributed by atoms with van der Waals surface area (Å²) in [6.45, 7) is 8.98. The van der Waals surface area contributed by atoms with Crippen molar-refractivity contribution in [1.29, 1.82) is 5.26 Å². The number of nitrogens with zero attached hydrogens (tertiary/aromatic N) is 3. The number of aliphatic hydroxyl groups is 1. The summed E-state index contributed by atoms with van der Waals surface area (Å²) in [7, 11) is 1.72. The molecule has 1 N–H and O–H groups in total. The molecule has 4 aliphatic rings. The van der Waals surface area contributed by atoms with E-state index in [0.29, 0.717) is 40.9 Å². The topological polar surface area (TPSA) is 71.1 Å². The van der Waals surface area contributed by atoms with Crippen LogP contribution in [0.3, 0.4) is 0 Å². The first-order chi connectivity index (χ1) is 15.7. The molecule has 4 aliphatic carbocycles. The highest BCUT2D eigenvalue weighted by Gasteiger charge is 2.64. The summed E-state index contributed by atoms with van der Waals surface area (Å²) < 4.78 is 7.29. The fourth-order valence-corrected chi connectivity index (χ4v) is 9.72. The molecule has 0 aliphatic heterocycles. The molecule has 0 radical (unpaired) electrons. The predicted octanol–water partition coefficient (Wildman–Crippen LogP) is 5.43. The van der Waals surface area contributed by atoms with Crippen molar-refractivity contribution in [3.8, 4) is 6.07 Å². The average molecular weight is 454 g/mol. The second-order valence-corrected chi connectivity index (χ2v) is 12.7. The van der Waals surface area contributed by atoms with Gasteiger partial charge in [0.1, 0.15) is 11.8 Å². The lowest BCUT2D eigenvalue weighted by atomic mass is 9.43. The second-order valence-electron chi connectivity index (χ2n) is 12.7. The number of methoxy groups -OCH3 is 1. The first-order valence-electron chi connectivity index (χ1n) is 13.4. The molecule has 5 heteroatoms. The Hall–Kier alpha value is -1.38. The molecule has 0 aromatic carbocycles. The predicted molar refractivity (Wildman–Crippen MR) is 128 cm³/mol. The summed E-state index contributed by atoms with van der Waals surface area (Å²) in [4.78, 5) is 0. The fraction of sp³-hybridized carbons (Fsp3) is 0.857. The van der Waals surface area contributed by atoms with Crippen molar-refractivity contribution in [2.45, 2.75) is 90.7 Å². The summed E-state index contributed by atoms with van der Waals surface area (Å²) in [6, 6.07) is 4.12. The molecule has 4 saturated carbocycles. The highest BCUT2D eigenvalue weighted by molar-refractivity contribution is 5.18. The molecule has 4 fully saturated rings. The molecular weight excluding hydrogens is 410 g/mol. The van der Waals surface area contributed by atoms with E-state index in [-0.39, 0.29) is 0 Å². The maximum atomic E-state index is 11.0. The first kappa shape index (κ1) is 23.4. The Bertz CT molecular complexity index is 907. The van der Waals surface area contributed by atoms with Crippen LogP contribution < -0.4 is 0 Å². The van der Waals surface area contributed by atoms with Crippen LogP contribution in [0, 0.1) is 57.7 Å². The Morgan fingerprint density at radius 1 is 1.15 bits per heavy atom. The summed E-state index contributed by atoms with van der Waals surface area (Å²) in [6.07, 6.45) is 12.7. The minimum absolute atomic E-state index is 0.367. The lowest BCUT2D eigenvalue weighted by Crippen LogP contribution is -2.56. The van der Waals surface area contributed by atoms with Gasteiger partial charge < -0.3 is 9.84 Å². The summed E-state index contributed by atoms with van der Waals surface area (Å²) >= 11 is 0. The van der Waals surface area contributed by atoms with E-state index in [4.69, 9.17) is 4.74 Å². The molecule has 5 rings (SSSR count). The Morgan fingerprint density at radius 2 is 1.91 bits per heavy atom. The molecule has 9 atom stereocenters. The lowest BCUT2D eigenvalue weighted by Gasteiger charge is -2.62. The van der Waals surface area contributed by atoms with Gasteiger partial charge in [-0.05, 0) is 110 Å². The number of fused-ring (bicyclic) bond motifs is 5. The molecule has 5 nitrogen and oxygen atoms in total. The van der Waals surface area contributed by atoms with E-state index in [0.717, 1.165) is 37.1 Å². The zero-order valence-electron chi connectivity index (χ0n) is 21.1. The lowest BCUT2D eigenvalue weighted by molar-refractivity contribution is -0.152. The van der Waals surface area contributed by atoms with Crippen molar-refractivity contribution in [3.63, 3.8) is 0 Å². The van der Waals surface area contributed by atoms with Gasteiger partial charge in [-0.15, -0.1) is 0 Å². The molecule has 33 heavy (non-hydrogen) atoms. The van der Waals surface area contributed by atoms with Crippen LogP contribution >= 0.6 is 0 Å². The number of rotatable bonds is 5. The maximum absolute atomic E-state index is 11.0. The number of ether oxygens (including phenoxy) is 1. The number of nitriles is 1. The molecular formula is C28H43N3O2. The Labute approximate surface area is 199 Å². The standard InChI is InChI=1S/C28H43N3O2/c1-19(17-31-21(16-29)10-14-30-31)24-9-12-27(3)25-6-5-20-15-28(32,18-33-4)13-8-22(20)23(25)7-11-26(24,27)2/h10,14,19-20,22-25,32H,5-9,11-13,15,17-18H2,1-4H3/t19-,20-,22+,23-,24?,25-,26-,27+,28-/m1/s1. The van der Waals surface area contributed by atoms with E-state index in [9.17, 15) is 10.4 Å². The second kappa shape index (κ2) is 8.38. The van der Waals surface area contributed by atoms with E-state index in [2.05, 4.69) is 31.9 Å². The normalized spacial score (nSPS) is 45.5. The summed E-state index contributed by atoms with van der Waals surface area (Å²) in [5, 5.41) is 24.9. The van der Waals surface area contributed by atoms with Gasteiger partial charge >= 0.3 is 0 Å². The van der Waals surface area contributed by atoms with Crippen LogP contribution in [-0.2, 0) is 11.3 Å². The van der Waals surface area contributed by atoms with Gasteiger partial charge in [0.15, 0.2) is 0 Å². The minimum Gasteiger partial charge on any atom is -0.387 e. The van der Waals surface area contributed by atoms with Gasteiger partial charge in [0.05, 0.1) is 18.4 Å². The smallest absolute Gasteiger partial charge is 0.138 e. The van der Waals surface area contributed by atoms with Gasteiger partial charge in [-0.1, -0.05) is 20.8 Å². The van der Waals surface area contributed by atoms with E-state index in [1.54, 1.807) is 13.3 Å². The van der Waals surface area contributed by atoms with E-state index < -0.39 is 5.60 Å². The van der Waals surface area contributed by atoms with Gasteiger partial charge in [0, 0.05) is 13.7 Å². The van der Waals surface area contributed by atoms with Gasteiger partial charge in [0.25, 0.3) is 0 Å². The van der Waals surface area contributed by atoms with E-state index in [1.165, 1.54) is 44.9 Å². The van der Waals surface area contributed by atoms with Gasteiger partial charge in [-0.25, -0.2) is 0 Å². The van der Waals surface area contributed by atoms with Gasteiger partial charge in [-0.2, -0.15) is 10.4 Å². The van der Waals surface area contributed by atoms with Crippen LogP contribution in [0.15, 0.2) is 12.3 Å². The molecule has 0 amide bonds. The third-order valence-electron chi connectivity index (χ3n) is 11.4. The molecule has 182 valence electrons. The zero-order chi connectivity index (χ0) is 23.4. The van der Waals surface area contributed by atoms with Crippen molar-refractivity contribution >= 4 is 0 Å². The summed E-state index contributed by atoms with van der Waals surface area (Å²) in [5.74, 6) is 4.34. The fourth-order valence-electron chi connectivity index (χ4n) is 9.72. The number of hydrogen-bond donors (Lipinski definition) is 1. The number of hydrogen-bond acceptors (Lipinski definition) is 4. The third-order valence-corrected chi connectivity index (χ3v) is 11.4. The van der Waals surface area contributed by atoms with Crippen LogP contribution in [0.2, 0.25) is 0 Å². The quantitative estimate of drug-likeness (QED) is 0.645. The van der Waals surface area contributed by atoms with Crippen LogP contribution in [0.25, 0.3) is 0 Å². The van der Waals surface area contributed by atoms with Crippen molar-refractivity contribution < 1.29 is 9.84 Å².